The third-order valence-corrected chi connectivity index (χ3v) is 15.5. The van der Waals surface area contributed by atoms with E-state index in [2.05, 4.69) is 100 Å². The van der Waals surface area contributed by atoms with Gasteiger partial charge in [-0.15, -0.1) is 0 Å². The summed E-state index contributed by atoms with van der Waals surface area (Å²) in [7, 11) is -2.84. The minimum absolute atomic E-state index is 0.0936. The quantitative estimate of drug-likeness (QED) is 0.137. The van der Waals surface area contributed by atoms with Crippen LogP contribution in [0.25, 0.3) is 0 Å². The Hall–Kier alpha value is -3.45. The van der Waals surface area contributed by atoms with Crippen molar-refractivity contribution in [1.29, 1.82) is 0 Å². The van der Waals surface area contributed by atoms with E-state index >= 15 is 0 Å². The molecule has 0 aliphatic carbocycles. The van der Waals surface area contributed by atoms with Crippen LogP contribution < -0.4 is 14.8 Å². The number of rotatable bonds is 11. The van der Waals surface area contributed by atoms with Crippen LogP contribution in [0, 0.1) is 0 Å². The third kappa shape index (κ3) is 7.86. The number of ether oxygens (including phenoxy) is 2. The Morgan fingerprint density at radius 2 is 1.42 bits per heavy atom. The monoisotopic (exact) mass is 685 g/mol. The summed E-state index contributed by atoms with van der Waals surface area (Å²) in [6, 6.07) is 41.2. The first-order valence-corrected chi connectivity index (χ1v) is 19.5. The Bertz CT molecular complexity index is 1460. The van der Waals surface area contributed by atoms with E-state index in [4.69, 9.17) is 13.9 Å². The molecule has 0 N–H and O–H groups in total. The molecule has 4 aromatic rings. The summed E-state index contributed by atoms with van der Waals surface area (Å²) in [5.74, 6) is 0. The van der Waals surface area contributed by atoms with Gasteiger partial charge in [0.25, 0.3) is 0 Å². The number of nitrogens with zero attached hydrogens (tertiary/aromatic N) is 1. The summed E-state index contributed by atoms with van der Waals surface area (Å²) in [6.45, 7) is 11.4. The second-order valence-electron chi connectivity index (χ2n) is 12.3. The van der Waals surface area contributed by atoms with E-state index in [0.29, 0.717) is 18.3 Å². The number of benzene rings is 4. The van der Waals surface area contributed by atoms with Crippen LogP contribution in [0.1, 0.15) is 32.8 Å². The molecule has 4 aromatic carbocycles. The molecule has 7 heteroatoms. The fourth-order valence-electron chi connectivity index (χ4n) is 6.09. The van der Waals surface area contributed by atoms with E-state index in [-0.39, 0.29) is 44.8 Å². The zero-order valence-corrected chi connectivity index (χ0v) is 29.1. The fourth-order valence-corrected chi connectivity index (χ4v) is 12.6. The predicted octanol–water partition coefficient (Wildman–Crippen LogP) is 6.32. The molecule has 0 saturated carbocycles. The van der Waals surface area contributed by atoms with Crippen LogP contribution in [0.2, 0.25) is 10.4 Å². The normalized spacial score (nSPS) is 18.7. The number of hydrogen-bond acceptors (Lipinski definition) is 4. The van der Waals surface area contributed by atoms with Crippen molar-refractivity contribution < 1.29 is 18.7 Å². The second-order valence-corrected chi connectivity index (χ2v) is 18.9. The van der Waals surface area contributed by atoms with Gasteiger partial charge in [0, 0.05) is 0 Å². The molecule has 234 valence electrons. The predicted molar refractivity (Wildman–Crippen MR) is 186 cm³/mol. The van der Waals surface area contributed by atoms with Crippen molar-refractivity contribution >= 4 is 44.2 Å². The van der Waals surface area contributed by atoms with Gasteiger partial charge in [-0.3, -0.25) is 0 Å². The van der Waals surface area contributed by atoms with Crippen molar-refractivity contribution in [3.05, 3.63) is 140 Å². The molecule has 1 unspecified atom stereocenters. The number of amides is 1. The topological polar surface area (TPSA) is 48.0 Å². The maximum absolute atomic E-state index is 14.0. The summed E-state index contributed by atoms with van der Waals surface area (Å²) >= 11 is 0.0936. The average Bonchev–Trinajstić information content (AvgIpc) is 3.07. The Morgan fingerprint density at radius 1 is 0.889 bits per heavy atom. The van der Waals surface area contributed by atoms with Gasteiger partial charge in [-0.2, -0.15) is 0 Å². The minimum atomic E-state index is -2.84. The molecule has 45 heavy (non-hydrogen) atoms. The molecule has 0 spiro atoms. The zero-order chi connectivity index (χ0) is 31.7. The molecule has 0 bridgehead atoms. The molecule has 1 amide bonds. The van der Waals surface area contributed by atoms with Crippen LogP contribution in [0.4, 0.5) is 4.79 Å². The molecular weight excluding hydrogens is 641 g/mol. The molecule has 1 aliphatic rings. The first kappa shape index (κ1) is 32.9. The van der Waals surface area contributed by atoms with E-state index in [9.17, 15) is 4.79 Å². The van der Waals surface area contributed by atoms with Crippen LogP contribution in [-0.2, 0) is 20.5 Å². The van der Waals surface area contributed by atoms with Gasteiger partial charge in [-0.1, -0.05) is 0 Å². The van der Waals surface area contributed by atoms with Crippen molar-refractivity contribution in [1.82, 2.24) is 4.90 Å². The molecule has 1 heterocycles. The van der Waals surface area contributed by atoms with Gasteiger partial charge in [0.05, 0.1) is 0 Å². The molecular formula is C38H43NO4SeSi. The molecule has 5 nitrogen and oxygen atoms in total. The first-order chi connectivity index (χ1) is 21.8. The summed E-state index contributed by atoms with van der Waals surface area (Å²) in [5, 5.41) is 2.92. The maximum atomic E-state index is 14.0. The van der Waals surface area contributed by atoms with E-state index in [1.165, 1.54) is 14.8 Å². The van der Waals surface area contributed by atoms with Crippen molar-refractivity contribution in [3.8, 4) is 0 Å². The number of carbonyl (C=O) groups is 1. The van der Waals surface area contributed by atoms with Gasteiger partial charge in [-0.05, 0) is 0 Å². The van der Waals surface area contributed by atoms with Crippen molar-refractivity contribution in [2.75, 3.05) is 6.61 Å². The first-order valence-electron chi connectivity index (χ1n) is 15.5. The summed E-state index contributed by atoms with van der Waals surface area (Å²) in [6.07, 6.45) is 1.39. The molecule has 3 atom stereocenters. The van der Waals surface area contributed by atoms with Gasteiger partial charge >= 0.3 is 276 Å². The molecule has 0 aromatic heterocycles. The molecule has 1 fully saturated rings. The fraction of sp³-hybridized carbons (Fsp3) is 0.289. The molecule has 1 saturated heterocycles. The Kier molecular flexibility index (Phi) is 11.1. The summed E-state index contributed by atoms with van der Waals surface area (Å²) in [4.78, 5) is 15.8. The third-order valence-electron chi connectivity index (χ3n) is 8.26. The molecule has 1 aliphatic heterocycles. The summed E-state index contributed by atoms with van der Waals surface area (Å²) < 4.78 is 21.1. The van der Waals surface area contributed by atoms with Crippen molar-refractivity contribution in [3.63, 3.8) is 0 Å². The second kappa shape index (κ2) is 15.2. The van der Waals surface area contributed by atoms with Gasteiger partial charge in [-0.25, -0.2) is 0 Å². The van der Waals surface area contributed by atoms with Crippen molar-refractivity contribution in [2.45, 2.75) is 62.5 Å². The van der Waals surface area contributed by atoms with E-state index in [0.717, 1.165) is 5.56 Å². The van der Waals surface area contributed by atoms with E-state index < -0.39 is 14.5 Å². The van der Waals surface area contributed by atoms with Gasteiger partial charge in [0.15, 0.2) is 0 Å². The molecule has 0 radical (unpaired) electrons. The van der Waals surface area contributed by atoms with Crippen LogP contribution >= 0.6 is 0 Å². The Morgan fingerprint density at radius 3 is 1.96 bits per heavy atom. The standard InChI is InChI=1S/C38H43NO4SeSi/c1-5-32-26-31(28-42-45(38(2,3)4,34-22-14-8-15-23-34)35-24-16-9-17-25-35)39(37(40)41-27-30-18-10-6-11-19-30)36(43-32)29-44-33-20-12-7-13-21-33/h5-25,31-32,36H,1,26-29H2,2-4H3/t31-,32+,36?/m0/s1. The van der Waals surface area contributed by atoms with Crippen LogP contribution in [0.15, 0.2) is 134 Å². The Balaban J connectivity index is 1.49. The van der Waals surface area contributed by atoms with Crippen molar-refractivity contribution in [2.24, 2.45) is 0 Å². The van der Waals surface area contributed by atoms with Gasteiger partial charge < -0.3 is 0 Å². The molecule has 5 rings (SSSR count). The van der Waals surface area contributed by atoms with E-state index in [1.54, 1.807) is 0 Å². The van der Waals surface area contributed by atoms with Crippen LogP contribution in [-0.4, -0.2) is 59.2 Å². The zero-order valence-electron chi connectivity index (χ0n) is 26.4. The van der Waals surface area contributed by atoms with Gasteiger partial charge in [0.2, 0.25) is 0 Å². The SMILES string of the molecule is C=C[C@@H]1C[C@@H](CO[Si](c2ccccc2)(c2ccccc2)C(C)(C)C)N(C(=O)OCc2ccccc2)C(C[Se]c2ccccc2)O1. The number of carbonyl (C=O) groups excluding carboxylic acids is 1. The van der Waals surface area contributed by atoms with Crippen LogP contribution in [0.5, 0.6) is 0 Å². The Labute approximate surface area is 275 Å². The van der Waals surface area contributed by atoms with Gasteiger partial charge in [0.1, 0.15) is 0 Å². The van der Waals surface area contributed by atoms with Crippen LogP contribution in [0.3, 0.4) is 0 Å². The average molecular weight is 685 g/mol. The summed E-state index contributed by atoms with van der Waals surface area (Å²) in [5.41, 5.74) is 0.943. The number of hydrogen-bond donors (Lipinski definition) is 0. The van der Waals surface area contributed by atoms with E-state index in [1.807, 2.05) is 59.5 Å².